The fourth-order valence-electron chi connectivity index (χ4n) is 3.82. The third-order valence-corrected chi connectivity index (χ3v) is 5.30. The molecule has 0 N–H and O–H groups in total. The topological polar surface area (TPSA) is 98.8 Å². The van der Waals surface area contributed by atoms with E-state index < -0.39 is 23.8 Å². The lowest BCUT2D eigenvalue weighted by Crippen LogP contribution is -2.29. The molecule has 2 unspecified atom stereocenters. The highest BCUT2D eigenvalue weighted by Gasteiger charge is 2.40. The third-order valence-electron chi connectivity index (χ3n) is 5.30. The molecule has 2 atom stereocenters. The number of hydrogen-bond donors (Lipinski definition) is 0. The number of rotatable bonds is 9. The van der Waals surface area contributed by atoms with Crippen LogP contribution in [-0.4, -0.2) is 60.2 Å². The second kappa shape index (κ2) is 10.8. The molecule has 178 valence electrons. The van der Waals surface area contributed by atoms with Crippen molar-refractivity contribution in [3.8, 4) is 28.7 Å². The molecule has 0 aliphatic carbocycles. The highest BCUT2D eigenvalue weighted by Crippen LogP contribution is 2.45. The Labute approximate surface area is 192 Å². The number of hydrogen-bond acceptors (Lipinski definition) is 9. The van der Waals surface area contributed by atoms with Crippen LogP contribution in [0.15, 0.2) is 30.3 Å². The fraction of sp³-hybridized carbons (Fsp3) is 0.417. The van der Waals surface area contributed by atoms with E-state index in [2.05, 4.69) is 0 Å². The van der Waals surface area contributed by atoms with E-state index in [1.807, 2.05) is 0 Å². The normalized spacial score (nSPS) is 14.0. The first-order valence-electron chi connectivity index (χ1n) is 10.4. The molecule has 0 amide bonds. The largest absolute Gasteiger partial charge is 0.493 e. The fourth-order valence-corrected chi connectivity index (χ4v) is 3.82. The second-order valence-corrected chi connectivity index (χ2v) is 7.09. The smallest absolute Gasteiger partial charge is 0.314 e. The minimum atomic E-state index is -1.06. The number of benzene rings is 2. The maximum absolute atomic E-state index is 13.2. The number of carbonyl (C=O) groups is 2. The van der Waals surface area contributed by atoms with Gasteiger partial charge in [-0.05, 0) is 42.3 Å². The van der Waals surface area contributed by atoms with E-state index in [-0.39, 0.29) is 6.61 Å². The minimum Gasteiger partial charge on any atom is -0.493 e. The van der Waals surface area contributed by atoms with Gasteiger partial charge in [-0.25, -0.2) is 0 Å². The molecule has 0 saturated carbocycles. The summed E-state index contributed by atoms with van der Waals surface area (Å²) in [7, 11) is 5.68. The van der Waals surface area contributed by atoms with E-state index in [0.717, 1.165) is 0 Å². The molecule has 1 aliphatic rings. The molecule has 1 aliphatic heterocycles. The van der Waals surface area contributed by atoms with E-state index in [1.165, 1.54) is 28.4 Å². The summed E-state index contributed by atoms with van der Waals surface area (Å²) in [5.74, 6) is -1.22. The van der Waals surface area contributed by atoms with Crippen molar-refractivity contribution in [3.63, 3.8) is 0 Å². The van der Waals surface area contributed by atoms with Crippen molar-refractivity contribution in [2.24, 2.45) is 0 Å². The van der Waals surface area contributed by atoms with Crippen LogP contribution in [0.3, 0.4) is 0 Å². The lowest BCUT2D eigenvalue weighted by molar-refractivity contribution is -0.152. The maximum Gasteiger partial charge on any atom is 0.314 e. The van der Waals surface area contributed by atoms with Crippen LogP contribution in [0.4, 0.5) is 0 Å². The molecule has 0 bridgehead atoms. The number of fused-ring (bicyclic) bond motifs is 1. The average molecular weight is 460 g/mol. The highest BCUT2D eigenvalue weighted by atomic mass is 16.6. The average Bonchev–Trinajstić information content (AvgIpc) is 2.85. The van der Waals surface area contributed by atoms with Crippen LogP contribution in [0.5, 0.6) is 28.7 Å². The molecule has 0 saturated heterocycles. The zero-order chi connectivity index (χ0) is 24.0. The lowest BCUT2D eigenvalue weighted by Gasteiger charge is -2.27. The minimum absolute atomic E-state index is 0.142. The number of methoxy groups -OCH3 is 4. The van der Waals surface area contributed by atoms with Gasteiger partial charge in [0.05, 0.1) is 46.9 Å². The molecule has 0 aromatic heterocycles. The quantitative estimate of drug-likeness (QED) is 0.523. The Balaban J connectivity index is 2.20. The van der Waals surface area contributed by atoms with E-state index >= 15 is 0 Å². The molecule has 0 spiro atoms. The predicted molar refractivity (Wildman–Crippen MR) is 118 cm³/mol. The summed E-state index contributed by atoms with van der Waals surface area (Å²) in [5.41, 5.74) is 0.950. The van der Waals surface area contributed by atoms with Crippen LogP contribution in [0.2, 0.25) is 0 Å². The summed E-state index contributed by atoms with van der Waals surface area (Å²) < 4.78 is 38.0. The molecule has 9 heteroatoms. The van der Waals surface area contributed by atoms with E-state index in [1.54, 1.807) is 37.3 Å². The van der Waals surface area contributed by atoms with Gasteiger partial charge in [-0.1, -0.05) is 6.07 Å². The van der Waals surface area contributed by atoms with E-state index in [9.17, 15) is 9.59 Å². The standard InChI is InChI=1S/C24H28O9/c1-6-31-24(26)20(14-7-8-16-17(11-14)33-10-9-32-16)21(23(25)30-5)15-12-18(27-2)22(29-4)19(13-15)28-3/h7-8,11-13,20-21H,6,9-10H2,1-5H3. The Morgan fingerprint density at radius 1 is 0.818 bits per heavy atom. The van der Waals surface area contributed by atoms with Crippen LogP contribution in [0.25, 0.3) is 0 Å². The van der Waals surface area contributed by atoms with Crippen LogP contribution in [0, 0.1) is 0 Å². The van der Waals surface area contributed by atoms with Crippen molar-refractivity contribution in [3.05, 3.63) is 41.5 Å². The van der Waals surface area contributed by atoms with Gasteiger partial charge < -0.3 is 33.2 Å². The van der Waals surface area contributed by atoms with Gasteiger partial charge in [-0.15, -0.1) is 0 Å². The van der Waals surface area contributed by atoms with Gasteiger partial charge in [0.15, 0.2) is 23.0 Å². The van der Waals surface area contributed by atoms with Crippen molar-refractivity contribution in [1.29, 1.82) is 0 Å². The summed E-state index contributed by atoms with van der Waals surface area (Å²) >= 11 is 0. The van der Waals surface area contributed by atoms with Gasteiger partial charge in [0, 0.05) is 0 Å². The third kappa shape index (κ3) is 4.92. The first-order valence-corrected chi connectivity index (χ1v) is 10.4. The number of ether oxygens (including phenoxy) is 7. The SMILES string of the molecule is CCOC(=O)C(c1ccc2c(c1)OCCO2)C(C(=O)OC)c1cc(OC)c(OC)c(OC)c1. The second-order valence-electron chi connectivity index (χ2n) is 7.09. The Morgan fingerprint density at radius 3 is 1.97 bits per heavy atom. The summed E-state index contributed by atoms with van der Waals surface area (Å²) in [5, 5.41) is 0. The van der Waals surface area contributed by atoms with Gasteiger partial charge in [0.1, 0.15) is 13.2 Å². The van der Waals surface area contributed by atoms with Crippen molar-refractivity contribution >= 4 is 11.9 Å². The molecule has 2 aromatic carbocycles. The molecule has 1 heterocycles. The molecule has 3 rings (SSSR count). The molecule has 0 fully saturated rings. The van der Waals surface area contributed by atoms with Gasteiger partial charge in [-0.2, -0.15) is 0 Å². The van der Waals surface area contributed by atoms with E-state index in [4.69, 9.17) is 33.2 Å². The van der Waals surface area contributed by atoms with Crippen molar-refractivity contribution in [2.75, 3.05) is 48.3 Å². The number of carbonyl (C=O) groups excluding carboxylic acids is 2. The van der Waals surface area contributed by atoms with Crippen molar-refractivity contribution in [2.45, 2.75) is 18.8 Å². The first-order chi connectivity index (χ1) is 16.0. The molecular formula is C24H28O9. The zero-order valence-corrected chi connectivity index (χ0v) is 19.3. The van der Waals surface area contributed by atoms with Crippen LogP contribution < -0.4 is 23.7 Å². The van der Waals surface area contributed by atoms with Crippen molar-refractivity contribution in [1.82, 2.24) is 0 Å². The van der Waals surface area contributed by atoms with Crippen LogP contribution in [0.1, 0.15) is 29.9 Å². The Bertz CT molecular complexity index is 976. The maximum atomic E-state index is 13.2. The monoisotopic (exact) mass is 460 g/mol. The highest BCUT2D eigenvalue weighted by molar-refractivity contribution is 5.90. The van der Waals surface area contributed by atoms with Gasteiger partial charge >= 0.3 is 11.9 Å². The Hall–Kier alpha value is -3.62. The van der Waals surface area contributed by atoms with Gasteiger partial charge in [-0.3, -0.25) is 9.59 Å². The lowest BCUT2D eigenvalue weighted by atomic mass is 9.80. The zero-order valence-electron chi connectivity index (χ0n) is 19.3. The molecule has 9 nitrogen and oxygen atoms in total. The van der Waals surface area contributed by atoms with Crippen molar-refractivity contribution < 1.29 is 42.7 Å². The molecule has 33 heavy (non-hydrogen) atoms. The molecule has 2 aromatic rings. The summed E-state index contributed by atoms with van der Waals surface area (Å²) in [4.78, 5) is 26.3. The Kier molecular flexibility index (Phi) is 7.87. The number of esters is 2. The van der Waals surface area contributed by atoms with Gasteiger partial charge in [0.2, 0.25) is 5.75 Å². The van der Waals surface area contributed by atoms with E-state index in [0.29, 0.717) is 53.1 Å². The molecular weight excluding hydrogens is 432 g/mol. The van der Waals surface area contributed by atoms with Crippen LogP contribution in [-0.2, 0) is 19.1 Å². The summed E-state index contributed by atoms with van der Waals surface area (Å²) in [6.07, 6.45) is 0. The first kappa shape index (κ1) is 24.0. The van der Waals surface area contributed by atoms with Gasteiger partial charge in [0.25, 0.3) is 0 Å². The predicted octanol–water partition coefficient (Wildman–Crippen LogP) is 3.09. The summed E-state index contributed by atoms with van der Waals surface area (Å²) in [6.45, 7) is 2.66. The summed E-state index contributed by atoms with van der Waals surface area (Å²) in [6, 6.07) is 8.34. The van der Waals surface area contributed by atoms with Crippen LogP contribution >= 0.6 is 0 Å². The Morgan fingerprint density at radius 2 is 1.42 bits per heavy atom. The molecule has 0 radical (unpaired) electrons.